The molecule has 3 nitrogen and oxygen atoms in total. The first-order valence-electron chi connectivity index (χ1n) is 8.09. The van der Waals surface area contributed by atoms with E-state index in [1.54, 1.807) is 0 Å². The van der Waals surface area contributed by atoms with Crippen molar-refractivity contribution in [1.82, 2.24) is 0 Å². The number of rotatable bonds is 12. The Morgan fingerprint density at radius 1 is 0.947 bits per heavy atom. The lowest BCUT2D eigenvalue weighted by Crippen LogP contribution is -2.58. The first-order chi connectivity index (χ1) is 8.90. The van der Waals surface area contributed by atoms with Crippen LogP contribution >= 0.6 is 0 Å². The van der Waals surface area contributed by atoms with Crippen LogP contribution in [0.25, 0.3) is 0 Å². The van der Waals surface area contributed by atoms with Crippen LogP contribution in [-0.4, -0.2) is 18.4 Å². The quantitative estimate of drug-likeness (QED) is 0.419. The van der Waals surface area contributed by atoms with Crippen molar-refractivity contribution in [3.05, 3.63) is 0 Å². The topological polar surface area (TPSA) is 61.3 Å². The van der Waals surface area contributed by atoms with Gasteiger partial charge in [0, 0.05) is 6.61 Å². The molecule has 0 saturated carbocycles. The zero-order valence-corrected chi connectivity index (χ0v) is 13.6. The summed E-state index contributed by atoms with van der Waals surface area (Å²) in [5.41, 5.74) is 11.4. The van der Waals surface area contributed by atoms with Crippen molar-refractivity contribution in [2.75, 3.05) is 6.61 Å². The van der Waals surface area contributed by atoms with Gasteiger partial charge >= 0.3 is 0 Å². The molecule has 0 spiro atoms. The predicted molar refractivity (Wildman–Crippen MR) is 84.0 cm³/mol. The number of hydrogen-bond donors (Lipinski definition) is 2. The average Bonchev–Trinajstić information content (AvgIpc) is 2.31. The highest BCUT2D eigenvalue weighted by molar-refractivity contribution is 4.83. The van der Waals surface area contributed by atoms with Crippen LogP contribution in [0.4, 0.5) is 0 Å². The fraction of sp³-hybridized carbons (Fsp3) is 1.00. The molecule has 0 radical (unpaired) electrons. The van der Waals surface area contributed by atoms with E-state index in [1.165, 1.54) is 32.1 Å². The molecule has 0 rings (SSSR count). The second kappa shape index (κ2) is 10.6. The van der Waals surface area contributed by atoms with Crippen LogP contribution in [0.15, 0.2) is 0 Å². The summed E-state index contributed by atoms with van der Waals surface area (Å²) in [5.74, 6) is 0.838. The molecule has 19 heavy (non-hydrogen) atoms. The van der Waals surface area contributed by atoms with Gasteiger partial charge < -0.3 is 16.2 Å². The molecule has 0 aliphatic carbocycles. The lowest BCUT2D eigenvalue weighted by atomic mass is 10.0. The Bertz CT molecular complexity index is 205. The maximum absolute atomic E-state index is 6.03. The minimum Gasteiger partial charge on any atom is -0.375 e. The van der Waals surface area contributed by atoms with Crippen LogP contribution in [0.3, 0.4) is 0 Å². The lowest BCUT2D eigenvalue weighted by molar-refractivity contribution is 0.00736. The minimum atomic E-state index is -0.675. The molecule has 0 amide bonds. The van der Waals surface area contributed by atoms with Gasteiger partial charge in [-0.2, -0.15) is 0 Å². The normalized spacial score (nSPS) is 14.1. The number of unbranched alkanes of at least 4 members (excludes halogenated alkanes) is 4. The van der Waals surface area contributed by atoms with Crippen molar-refractivity contribution >= 4 is 0 Å². The van der Waals surface area contributed by atoms with Crippen LogP contribution in [0.5, 0.6) is 0 Å². The minimum absolute atomic E-state index is 0.0617. The highest BCUT2D eigenvalue weighted by Crippen LogP contribution is 2.13. The molecule has 0 saturated heterocycles. The maximum atomic E-state index is 6.03. The van der Waals surface area contributed by atoms with E-state index >= 15 is 0 Å². The van der Waals surface area contributed by atoms with Crippen LogP contribution in [0.1, 0.15) is 79.1 Å². The Labute approximate surface area is 120 Å². The maximum Gasteiger partial charge on any atom is 0.0903 e. The van der Waals surface area contributed by atoms with Gasteiger partial charge in [-0.3, -0.25) is 0 Å². The second-order valence-electron chi connectivity index (χ2n) is 6.33. The van der Waals surface area contributed by atoms with Crippen molar-refractivity contribution in [1.29, 1.82) is 0 Å². The van der Waals surface area contributed by atoms with E-state index in [-0.39, 0.29) is 6.10 Å². The summed E-state index contributed by atoms with van der Waals surface area (Å²) in [6.07, 6.45) is 9.49. The molecule has 0 aromatic rings. The first kappa shape index (κ1) is 18.9. The van der Waals surface area contributed by atoms with Gasteiger partial charge in [-0.25, -0.2) is 0 Å². The summed E-state index contributed by atoms with van der Waals surface area (Å²) >= 11 is 0. The van der Waals surface area contributed by atoms with Gasteiger partial charge in [-0.15, -0.1) is 0 Å². The molecular formula is C16H36N2O. The highest BCUT2D eigenvalue weighted by Gasteiger charge is 2.26. The first-order valence-corrected chi connectivity index (χ1v) is 8.09. The van der Waals surface area contributed by atoms with E-state index in [0.29, 0.717) is 0 Å². The fourth-order valence-corrected chi connectivity index (χ4v) is 2.24. The third-order valence-electron chi connectivity index (χ3n) is 3.73. The number of hydrogen-bond acceptors (Lipinski definition) is 3. The molecule has 0 aromatic heterocycles. The summed E-state index contributed by atoms with van der Waals surface area (Å²) in [6.45, 7) is 9.44. The lowest BCUT2D eigenvalue weighted by Gasteiger charge is -2.31. The predicted octanol–water partition coefficient (Wildman–Crippen LogP) is 3.80. The van der Waals surface area contributed by atoms with E-state index < -0.39 is 5.66 Å². The van der Waals surface area contributed by atoms with Gasteiger partial charge in [0.05, 0.1) is 11.8 Å². The molecule has 0 aromatic carbocycles. The zero-order valence-electron chi connectivity index (χ0n) is 13.6. The third kappa shape index (κ3) is 10.3. The van der Waals surface area contributed by atoms with Gasteiger partial charge in [0.15, 0.2) is 0 Å². The molecule has 0 fully saturated rings. The summed E-state index contributed by atoms with van der Waals surface area (Å²) < 4.78 is 5.75. The summed E-state index contributed by atoms with van der Waals surface area (Å²) in [6, 6.07) is 0. The van der Waals surface area contributed by atoms with Crippen LogP contribution in [-0.2, 0) is 4.74 Å². The summed E-state index contributed by atoms with van der Waals surface area (Å²) in [4.78, 5) is 0. The smallest absolute Gasteiger partial charge is 0.0903 e. The van der Waals surface area contributed by atoms with Gasteiger partial charge in [0.2, 0.25) is 0 Å². The van der Waals surface area contributed by atoms with E-state index in [2.05, 4.69) is 20.8 Å². The van der Waals surface area contributed by atoms with E-state index in [0.717, 1.165) is 31.8 Å². The number of ether oxygens (including phenoxy) is 1. The van der Waals surface area contributed by atoms with Gasteiger partial charge in [0.1, 0.15) is 0 Å². The van der Waals surface area contributed by atoms with Gasteiger partial charge in [0.25, 0.3) is 0 Å². The molecule has 116 valence electrons. The average molecular weight is 272 g/mol. The van der Waals surface area contributed by atoms with Crippen molar-refractivity contribution in [2.24, 2.45) is 17.4 Å². The van der Waals surface area contributed by atoms with Crippen LogP contribution in [0, 0.1) is 5.92 Å². The van der Waals surface area contributed by atoms with E-state index in [1.807, 2.05) is 6.92 Å². The van der Waals surface area contributed by atoms with Crippen molar-refractivity contribution in [3.63, 3.8) is 0 Å². The Hall–Kier alpha value is -0.120. The molecule has 0 aliphatic rings. The second-order valence-corrected chi connectivity index (χ2v) is 6.33. The van der Waals surface area contributed by atoms with E-state index in [4.69, 9.17) is 16.2 Å². The summed E-state index contributed by atoms with van der Waals surface area (Å²) in [7, 11) is 0. The van der Waals surface area contributed by atoms with Gasteiger partial charge in [-0.1, -0.05) is 59.3 Å². The molecular weight excluding hydrogens is 236 g/mol. The summed E-state index contributed by atoms with van der Waals surface area (Å²) in [5, 5.41) is 0. The highest BCUT2D eigenvalue weighted by atomic mass is 16.5. The third-order valence-corrected chi connectivity index (χ3v) is 3.73. The molecule has 0 aliphatic heterocycles. The largest absolute Gasteiger partial charge is 0.375 e. The molecule has 0 heterocycles. The van der Waals surface area contributed by atoms with Crippen molar-refractivity contribution in [2.45, 2.75) is 90.8 Å². The van der Waals surface area contributed by atoms with E-state index in [9.17, 15) is 0 Å². The van der Waals surface area contributed by atoms with Gasteiger partial charge in [-0.05, 0) is 25.7 Å². The SMILES string of the molecule is CCCC(N)(N)C(C)OCCCCCCCC(C)C. The molecule has 4 N–H and O–H groups in total. The van der Waals surface area contributed by atoms with Crippen LogP contribution < -0.4 is 11.5 Å². The molecule has 0 bridgehead atoms. The molecule has 1 unspecified atom stereocenters. The Morgan fingerprint density at radius 3 is 2.11 bits per heavy atom. The zero-order chi connectivity index (χ0) is 14.7. The van der Waals surface area contributed by atoms with Crippen LogP contribution in [0.2, 0.25) is 0 Å². The molecule has 3 heteroatoms. The number of nitrogens with two attached hydrogens (primary N) is 2. The fourth-order valence-electron chi connectivity index (χ4n) is 2.24. The monoisotopic (exact) mass is 272 g/mol. The molecule has 1 atom stereocenters. The Balaban J connectivity index is 3.43. The Morgan fingerprint density at radius 2 is 1.53 bits per heavy atom. The standard InChI is InChI=1S/C16H36N2O/c1-5-12-16(17,18)15(4)19-13-10-8-6-7-9-11-14(2)3/h14-15H,5-13,17-18H2,1-4H3. The van der Waals surface area contributed by atoms with Crippen molar-refractivity contribution in [3.8, 4) is 0 Å². The van der Waals surface area contributed by atoms with Crippen molar-refractivity contribution < 1.29 is 4.74 Å². The Kier molecular flexibility index (Phi) is 10.6.